The van der Waals surface area contributed by atoms with E-state index in [2.05, 4.69) is 6.92 Å². The Labute approximate surface area is 118 Å². The first-order valence-corrected chi connectivity index (χ1v) is 7.59. The van der Waals surface area contributed by atoms with Crippen LogP contribution in [0.3, 0.4) is 0 Å². The van der Waals surface area contributed by atoms with Crippen LogP contribution in [0.25, 0.3) is 0 Å². The normalized spacial score (nSPS) is 27.5. The van der Waals surface area contributed by atoms with Crippen molar-refractivity contribution in [2.24, 2.45) is 11.3 Å². The fourth-order valence-electron chi connectivity index (χ4n) is 3.21. The molecule has 118 valence electrons. The summed E-state index contributed by atoms with van der Waals surface area (Å²) in [6.07, 6.45) is 1.19. The molecule has 0 aromatic rings. The Balaban J connectivity index is 2.47. The number of halogens is 3. The summed E-state index contributed by atoms with van der Waals surface area (Å²) in [6.45, 7) is 2.13. The lowest BCUT2D eigenvalue weighted by Crippen LogP contribution is -2.35. The Kier molecular flexibility index (Phi) is 6.34. The van der Waals surface area contributed by atoms with E-state index >= 15 is 0 Å². The lowest BCUT2D eigenvalue weighted by Gasteiger charge is -2.37. The van der Waals surface area contributed by atoms with E-state index < -0.39 is 24.0 Å². The van der Waals surface area contributed by atoms with Crippen LogP contribution in [-0.2, 0) is 4.79 Å². The fraction of sp³-hybridized carbons (Fsp3) is 0.933. The first kappa shape index (κ1) is 17.3. The highest BCUT2D eigenvalue weighted by Crippen LogP contribution is 2.44. The van der Waals surface area contributed by atoms with Crippen molar-refractivity contribution in [1.82, 2.24) is 0 Å². The Morgan fingerprint density at radius 2 is 1.85 bits per heavy atom. The minimum atomic E-state index is -4.18. The quantitative estimate of drug-likeness (QED) is 0.703. The van der Waals surface area contributed by atoms with E-state index in [1.165, 1.54) is 0 Å². The maximum absolute atomic E-state index is 12.2. The summed E-state index contributed by atoms with van der Waals surface area (Å²) in [7, 11) is 0. The zero-order valence-corrected chi connectivity index (χ0v) is 12.1. The Hall–Kier alpha value is -0.740. The van der Waals surface area contributed by atoms with E-state index in [0.29, 0.717) is 18.8 Å². The Morgan fingerprint density at radius 1 is 1.25 bits per heavy atom. The lowest BCUT2D eigenvalue weighted by molar-refractivity contribution is -0.155. The molecule has 2 nitrogen and oxygen atoms in total. The SMILES string of the molecule is CCCCC1CCC(CCCC(F)(F)F)(C(=O)O)CC1. The van der Waals surface area contributed by atoms with Gasteiger partial charge in [0.1, 0.15) is 0 Å². The predicted molar refractivity (Wildman–Crippen MR) is 71.5 cm³/mol. The van der Waals surface area contributed by atoms with Crippen molar-refractivity contribution >= 4 is 5.97 Å². The van der Waals surface area contributed by atoms with Crippen LogP contribution in [0, 0.1) is 11.3 Å². The van der Waals surface area contributed by atoms with Crippen LogP contribution in [0.1, 0.15) is 71.1 Å². The number of hydrogen-bond acceptors (Lipinski definition) is 1. The molecule has 5 heteroatoms. The summed E-state index contributed by atoms with van der Waals surface area (Å²) in [5, 5.41) is 9.40. The topological polar surface area (TPSA) is 37.3 Å². The van der Waals surface area contributed by atoms with Crippen molar-refractivity contribution in [2.75, 3.05) is 0 Å². The minimum absolute atomic E-state index is 0.0740. The highest BCUT2D eigenvalue weighted by Gasteiger charge is 2.42. The van der Waals surface area contributed by atoms with E-state index in [1.807, 2.05) is 0 Å². The molecule has 0 saturated heterocycles. The summed E-state index contributed by atoms with van der Waals surface area (Å²) in [4.78, 5) is 11.5. The molecule has 1 saturated carbocycles. The largest absolute Gasteiger partial charge is 0.481 e. The van der Waals surface area contributed by atoms with Crippen molar-refractivity contribution in [3.63, 3.8) is 0 Å². The van der Waals surface area contributed by atoms with Gasteiger partial charge in [0.05, 0.1) is 5.41 Å². The molecule has 0 spiro atoms. The van der Waals surface area contributed by atoms with Gasteiger partial charge in [-0.25, -0.2) is 0 Å². The molecule has 0 radical (unpaired) electrons. The lowest BCUT2D eigenvalue weighted by atomic mass is 9.67. The summed E-state index contributed by atoms with van der Waals surface area (Å²) < 4.78 is 36.6. The molecular formula is C15H25F3O2. The first-order chi connectivity index (χ1) is 9.29. The van der Waals surface area contributed by atoms with Gasteiger partial charge in [-0.3, -0.25) is 4.79 Å². The van der Waals surface area contributed by atoms with E-state index in [1.54, 1.807) is 0 Å². The van der Waals surface area contributed by atoms with Crippen LogP contribution in [0.4, 0.5) is 13.2 Å². The van der Waals surface area contributed by atoms with Gasteiger partial charge < -0.3 is 5.11 Å². The highest BCUT2D eigenvalue weighted by atomic mass is 19.4. The van der Waals surface area contributed by atoms with Gasteiger partial charge in [-0.2, -0.15) is 13.2 Å². The smallest absolute Gasteiger partial charge is 0.389 e. The first-order valence-electron chi connectivity index (χ1n) is 7.59. The van der Waals surface area contributed by atoms with E-state index in [9.17, 15) is 23.1 Å². The Bertz CT molecular complexity index is 305. The van der Waals surface area contributed by atoms with E-state index in [0.717, 1.165) is 32.1 Å². The van der Waals surface area contributed by atoms with Crippen LogP contribution in [0.15, 0.2) is 0 Å². The van der Waals surface area contributed by atoms with Gasteiger partial charge in [0, 0.05) is 6.42 Å². The number of alkyl halides is 3. The van der Waals surface area contributed by atoms with Gasteiger partial charge in [-0.05, 0) is 44.4 Å². The van der Waals surface area contributed by atoms with Crippen molar-refractivity contribution in [2.45, 2.75) is 77.3 Å². The molecule has 20 heavy (non-hydrogen) atoms. The van der Waals surface area contributed by atoms with Gasteiger partial charge in [0.15, 0.2) is 0 Å². The second-order valence-corrected chi connectivity index (χ2v) is 6.14. The van der Waals surface area contributed by atoms with Crippen molar-refractivity contribution < 1.29 is 23.1 Å². The van der Waals surface area contributed by atoms with Crippen molar-refractivity contribution in [3.8, 4) is 0 Å². The molecule has 0 aromatic carbocycles. The molecule has 1 rings (SSSR count). The molecule has 0 aliphatic heterocycles. The van der Waals surface area contributed by atoms with Gasteiger partial charge in [-0.1, -0.05) is 26.2 Å². The van der Waals surface area contributed by atoms with Crippen LogP contribution in [0.5, 0.6) is 0 Å². The molecule has 0 aromatic heterocycles. The number of rotatable bonds is 7. The van der Waals surface area contributed by atoms with Crippen LogP contribution in [-0.4, -0.2) is 17.3 Å². The minimum Gasteiger partial charge on any atom is -0.481 e. The molecule has 1 aliphatic carbocycles. The number of carboxylic acid groups (broad SMARTS) is 1. The zero-order valence-electron chi connectivity index (χ0n) is 12.1. The molecule has 1 fully saturated rings. The van der Waals surface area contributed by atoms with Crippen LogP contribution >= 0.6 is 0 Å². The maximum Gasteiger partial charge on any atom is 0.389 e. The second kappa shape index (κ2) is 7.32. The van der Waals surface area contributed by atoms with Gasteiger partial charge in [-0.15, -0.1) is 0 Å². The monoisotopic (exact) mass is 294 g/mol. The average molecular weight is 294 g/mol. The van der Waals surface area contributed by atoms with Gasteiger partial charge in [0.25, 0.3) is 0 Å². The standard InChI is InChI=1S/C15H25F3O2/c1-2-3-5-12-6-10-14(11-7-12,13(19)20)8-4-9-15(16,17)18/h12H,2-11H2,1H3,(H,19,20). The summed E-state index contributed by atoms with van der Waals surface area (Å²) >= 11 is 0. The van der Waals surface area contributed by atoms with E-state index in [-0.39, 0.29) is 12.8 Å². The Morgan fingerprint density at radius 3 is 2.30 bits per heavy atom. The third-order valence-electron chi connectivity index (χ3n) is 4.60. The van der Waals surface area contributed by atoms with Crippen LogP contribution in [0.2, 0.25) is 0 Å². The maximum atomic E-state index is 12.2. The van der Waals surface area contributed by atoms with Gasteiger partial charge >= 0.3 is 12.1 Å². The summed E-state index contributed by atoms with van der Waals surface area (Å²) in [5.41, 5.74) is -0.909. The third-order valence-corrected chi connectivity index (χ3v) is 4.60. The van der Waals surface area contributed by atoms with Crippen molar-refractivity contribution in [1.29, 1.82) is 0 Å². The number of unbranched alkanes of at least 4 members (excludes halogenated alkanes) is 1. The summed E-state index contributed by atoms with van der Waals surface area (Å²) in [6, 6.07) is 0. The number of aliphatic carboxylic acids is 1. The molecule has 1 aliphatic rings. The molecule has 0 amide bonds. The van der Waals surface area contributed by atoms with Gasteiger partial charge in [0.2, 0.25) is 0 Å². The number of hydrogen-bond donors (Lipinski definition) is 1. The molecular weight excluding hydrogens is 269 g/mol. The third kappa shape index (κ3) is 5.33. The zero-order chi connectivity index (χ0) is 15.2. The number of carbonyl (C=O) groups is 1. The molecule has 0 bridgehead atoms. The highest BCUT2D eigenvalue weighted by molar-refractivity contribution is 5.74. The fourth-order valence-corrected chi connectivity index (χ4v) is 3.21. The average Bonchev–Trinajstić information content (AvgIpc) is 2.36. The molecule has 0 unspecified atom stereocenters. The molecule has 1 N–H and O–H groups in total. The van der Waals surface area contributed by atoms with Crippen LogP contribution < -0.4 is 0 Å². The second-order valence-electron chi connectivity index (χ2n) is 6.14. The van der Waals surface area contributed by atoms with Crippen molar-refractivity contribution in [3.05, 3.63) is 0 Å². The summed E-state index contributed by atoms with van der Waals surface area (Å²) in [5.74, 6) is -0.348. The predicted octanol–water partition coefficient (Wildman–Crippen LogP) is 5.17. The number of carboxylic acids is 1. The van der Waals surface area contributed by atoms with E-state index in [4.69, 9.17) is 0 Å². The molecule has 0 atom stereocenters. The molecule has 0 heterocycles.